The van der Waals surface area contributed by atoms with Crippen molar-refractivity contribution in [1.82, 2.24) is 9.88 Å². The number of amides is 2. The molecule has 7 nitrogen and oxygen atoms in total. The quantitative estimate of drug-likeness (QED) is 0.597. The number of carbonyl (C=O) groups is 1. The van der Waals surface area contributed by atoms with E-state index in [0.29, 0.717) is 6.54 Å². The average Bonchev–Trinajstić information content (AvgIpc) is 3.26. The summed E-state index contributed by atoms with van der Waals surface area (Å²) in [4.78, 5) is 24.2. The number of benzene rings is 2. The number of pyridine rings is 1. The fourth-order valence-electron chi connectivity index (χ4n) is 5.01. The van der Waals surface area contributed by atoms with E-state index in [4.69, 9.17) is 4.74 Å². The number of hydrogen-bond donors (Lipinski definition) is 1. The number of rotatable bonds is 4. The minimum absolute atomic E-state index is 0.110. The molecule has 3 heterocycles. The van der Waals surface area contributed by atoms with Gasteiger partial charge in [-0.2, -0.15) is 0 Å². The van der Waals surface area contributed by atoms with E-state index < -0.39 is 0 Å². The molecule has 2 amide bonds. The number of urea groups is 1. The number of nitrogens with one attached hydrogen (secondary N) is 1. The Morgan fingerprint density at radius 1 is 0.886 bits per heavy atom. The summed E-state index contributed by atoms with van der Waals surface area (Å²) in [5.74, 6) is 0.882. The first-order valence-electron chi connectivity index (χ1n) is 12.2. The van der Waals surface area contributed by atoms with Crippen LogP contribution in [0.5, 0.6) is 5.75 Å². The van der Waals surface area contributed by atoms with Crippen molar-refractivity contribution >= 4 is 23.1 Å². The van der Waals surface area contributed by atoms with E-state index in [-0.39, 0.29) is 6.03 Å². The second-order valence-corrected chi connectivity index (χ2v) is 9.49. The van der Waals surface area contributed by atoms with Crippen LogP contribution < -0.4 is 19.9 Å². The molecule has 5 rings (SSSR count). The van der Waals surface area contributed by atoms with Crippen LogP contribution in [0.1, 0.15) is 17.0 Å². The lowest BCUT2D eigenvalue weighted by atomic mass is 10.0. The molecule has 3 aromatic rings. The molecule has 1 N–H and O–H groups in total. The van der Waals surface area contributed by atoms with Crippen LogP contribution in [0.3, 0.4) is 0 Å². The van der Waals surface area contributed by atoms with E-state index in [1.54, 1.807) is 7.11 Å². The molecular weight excluding hydrogens is 438 g/mol. The zero-order chi connectivity index (χ0) is 24.5. The van der Waals surface area contributed by atoms with Crippen LogP contribution in [0.25, 0.3) is 11.1 Å². The molecule has 0 bridgehead atoms. The third-order valence-corrected chi connectivity index (χ3v) is 6.92. The monoisotopic (exact) mass is 471 g/mol. The van der Waals surface area contributed by atoms with Crippen molar-refractivity contribution in [3.05, 3.63) is 65.5 Å². The summed E-state index contributed by atoms with van der Waals surface area (Å²) in [6.45, 7) is 8.58. The molecule has 0 spiro atoms. The number of aromatic nitrogens is 1. The highest BCUT2D eigenvalue weighted by atomic mass is 16.5. The standard InChI is InChI=1S/C28H33N5O2/c1-19-15-23(16-20(2)29-19)21-5-7-24(8-6-21)30-28(34)33-10-9-22-17-27(35-4)26(18-25(22)33)32-13-11-31(3)12-14-32/h5-8,15-18H,9-14H2,1-4H3,(H,30,34). The van der Waals surface area contributed by atoms with Crippen molar-refractivity contribution in [1.29, 1.82) is 0 Å². The molecule has 182 valence electrons. The van der Waals surface area contributed by atoms with Crippen molar-refractivity contribution in [2.75, 3.05) is 62.0 Å². The number of piperazine rings is 1. The zero-order valence-electron chi connectivity index (χ0n) is 21.0. The third kappa shape index (κ3) is 4.82. The predicted molar refractivity (Wildman–Crippen MR) is 142 cm³/mol. The minimum Gasteiger partial charge on any atom is -0.495 e. The van der Waals surface area contributed by atoms with Gasteiger partial charge in [0.05, 0.1) is 18.5 Å². The van der Waals surface area contributed by atoms with Gasteiger partial charge in [-0.05, 0) is 80.4 Å². The summed E-state index contributed by atoms with van der Waals surface area (Å²) in [5, 5.41) is 3.08. The molecule has 2 aromatic carbocycles. The summed E-state index contributed by atoms with van der Waals surface area (Å²) in [6.07, 6.45) is 0.821. The zero-order valence-corrected chi connectivity index (χ0v) is 21.0. The second-order valence-electron chi connectivity index (χ2n) is 9.49. The molecule has 0 atom stereocenters. The average molecular weight is 472 g/mol. The van der Waals surface area contributed by atoms with Gasteiger partial charge in [0, 0.05) is 49.8 Å². The lowest BCUT2D eigenvalue weighted by Gasteiger charge is -2.35. The number of methoxy groups -OCH3 is 1. The van der Waals surface area contributed by atoms with E-state index in [1.165, 1.54) is 0 Å². The summed E-state index contributed by atoms with van der Waals surface area (Å²) in [7, 11) is 3.87. The summed E-state index contributed by atoms with van der Waals surface area (Å²) in [5.41, 5.74) is 8.19. The highest BCUT2D eigenvalue weighted by molar-refractivity contribution is 6.03. The second kappa shape index (κ2) is 9.58. The molecule has 0 radical (unpaired) electrons. The van der Waals surface area contributed by atoms with Gasteiger partial charge in [-0.25, -0.2) is 4.79 Å². The number of likely N-dealkylation sites (N-methyl/N-ethyl adjacent to an activating group) is 1. The van der Waals surface area contributed by atoms with Gasteiger partial charge in [0.2, 0.25) is 0 Å². The van der Waals surface area contributed by atoms with Crippen molar-refractivity contribution < 1.29 is 9.53 Å². The Kier molecular flexibility index (Phi) is 6.34. The number of anilines is 3. The van der Waals surface area contributed by atoms with Crippen LogP contribution in [0.4, 0.5) is 21.9 Å². The summed E-state index contributed by atoms with van der Waals surface area (Å²) in [6, 6.07) is 16.3. The lowest BCUT2D eigenvalue weighted by molar-refractivity contribution is 0.257. The van der Waals surface area contributed by atoms with Crippen LogP contribution >= 0.6 is 0 Å². The van der Waals surface area contributed by atoms with Crippen molar-refractivity contribution in [2.24, 2.45) is 0 Å². The maximum Gasteiger partial charge on any atom is 0.326 e. The smallest absolute Gasteiger partial charge is 0.326 e. The van der Waals surface area contributed by atoms with E-state index >= 15 is 0 Å². The topological polar surface area (TPSA) is 60.9 Å². The first kappa shape index (κ1) is 23.2. The van der Waals surface area contributed by atoms with Crippen LogP contribution in [-0.2, 0) is 6.42 Å². The number of nitrogens with zero attached hydrogens (tertiary/aromatic N) is 4. The largest absolute Gasteiger partial charge is 0.495 e. The maximum absolute atomic E-state index is 13.3. The van der Waals surface area contributed by atoms with Gasteiger partial charge in [0.25, 0.3) is 0 Å². The van der Waals surface area contributed by atoms with Gasteiger partial charge in [0.15, 0.2) is 0 Å². The van der Waals surface area contributed by atoms with Crippen LogP contribution in [0.15, 0.2) is 48.5 Å². The molecule has 2 aliphatic rings. The predicted octanol–water partition coefficient (Wildman–Crippen LogP) is 4.72. The van der Waals surface area contributed by atoms with Gasteiger partial charge >= 0.3 is 6.03 Å². The fraction of sp³-hybridized carbons (Fsp3) is 0.357. The van der Waals surface area contributed by atoms with E-state index in [0.717, 1.165) is 83.5 Å². The number of ether oxygens (including phenoxy) is 1. The number of aryl methyl sites for hydroxylation is 2. The van der Waals surface area contributed by atoms with Gasteiger partial charge in [-0.1, -0.05) is 12.1 Å². The Morgan fingerprint density at radius 2 is 1.57 bits per heavy atom. The molecule has 7 heteroatoms. The lowest BCUT2D eigenvalue weighted by Crippen LogP contribution is -2.44. The molecule has 1 fully saturated rings. The van der Waals surface area contributed by atoms with Crippen molar-refractivity contribution in [3.8, 4) is 16.9 Å². The van der Waals surface area contributed by atoms with Crippen LogP contribution in [0, 0.1) is 13.8 Å². The molecule has 0 aliphatic carbocycles. The Balaban J connectivity index is 1.34. The number of carbonyl (C=O) groups excluding carboxylic acids is 1. The minimum atomic E-state index is -0.110. The highest BCUT2D eigenvalue weighted by Gasteiger charge is 2.28. The molecule has 35 heavy (non-hydrogen) atoms. The van der Waals surface area contributed by atoms with Gasteiger partial charge in [0.1, 0.15) is 5.75 Å². The Morgan fingerprint density at radius 3 is 2.23 bits per heavy atom. The molecule has 1 saturated heterocycles. The van der Waals surface area contributed by atoms with Crippen LogP contribution in [-0.4, -0.2) is 62.8 Å². The summed E-state index contributed by atoms with van der Waals surface area (Å²) < 4.78 is 5.73. The van der Waals surface area contributed by atoms with Gasteiger partial charge in [-0.15, -0.1) is 0 Å². The van der Waals surface area contributed by atoms with E-state index in [2.05, 4.69) is 51.4 Å². The molecule has 0 unspecified atom stereocenters. The van der Waals surface area contributed by atoms with Crippen molar-refractivity contribution in [3.63, 3.8) is 0 Å². The van der Waals surface area contributed by atoms with Gasteiger partial charge in [-0.3, -0.25) is 9.88 Å². The first-order chi connectivity index (χ1) is 16.9. The Bertz CT molecular complexity index is 1210. The van der Waals surface area contributed by atoms with E-state index in [9.17, 15) is 4.79 Å². The molecule has 2 aliphatic heterocycles. The number of hydrogen-bond acceptors (Lipinski definition) is 5. The Hall–Kier alpha value is -3.58. The highest BCUT2D eigenvalue weighted by Crippen LogP contribution is 2.39. The SMILES string of the molecule is COc1cc2c(cc1N1CCN(C)CC1)N(C(=O)Nc1ccc(-c3cc(C)nc(C)c3)cc1)CC2. The Labute approximate surface area is 207 Å². The normalized spacial score (nSPS) is 15.8. The molecule has 0 saturated carbocycles. The van der Waals surface area contributed by atoms with Crippen molar-refractivity contribution in [2.45, 2.75) is 20.3 Å². The van der Waals surface area contributed by atoms with E-state index in [1.807, 2.05) is 43.0 Å². The molecular formula is C28H33N5O2. The van der Waals surface area contributed by atoms with Gasteiger partial charge < -0.3 is 19.9 Å². The fourth-order valence-corrected chi connectivity index (χ4v) is 5.01. The first-order valence-corrected chi connectivity index (χ1v) is 12.2. The van der Waals surface area contributed by atoms with Crippen LogP contribution in [0.2, 0.25) is 0 Å². The summed E-state index contributed by atoms with van der Waals surface area (Å²) >= 11 is 0. The maximum atomic E-state index is 13.3. The molecule has 1 aromatic heterocycles. The third-order valence-electron chi connectivity index (χ3n) is 6.92. The number of fused-ring (bicyclic) bond motifs is 1.